The van der Waals surface area contributed by atoms with Crippen LogP contribution in [-0.4, -0.2) is 32.8 Å². The van der Waals surface area contributed by atoms with E-state index >= 15 is 0 Å². The Labute approximate surface area is 127 Å². The zero-order chi connectivity index (χ0) is 14.8. The van der Waals surface area contributed by atoms with E-state index < -0.39 is 10.8 Å². The number of rotatable bonds is 3. The summed E-state index contributed by atoms with van der Waals surface area (Å²) < 4.78 is 12.1. The molecule has 0 bridgehead atoms. The molecule has 0 N–H and O–H groups in total. The molecule has 1 aromatic heterocycles. The van der Waals surface area contributed by atoms with E-state index in [1.54, 1.807) is 6.07 Å². The molecule has 1 atom stereocenters. The van der Waals surface area contributed by atoms with Crippen LogP contribution in [0.5, 0.6) is 0 Å². The average molecular weight is 312 g/mol. The molecule has 1 aliphatic rings. The highest BCUT2D eigenvalue weighted by molar-refractivity contribution is 7.86. The second kappa shape index (κ2) is 6.11. The van der Waals surface area contributed by atoms with E-state index in [2.05, 4.69) is 23.7 Å². The maximum atomic E-state index is 12.3. The van der Waals surface area contributed by atoms with Crippen molar-refractivity contribution in [3.63, 3.8) is 0 Å². The summed E-state index contributed by atoms with van der Waals surface area (Å²) in [6.07, 6.45) is 3.29. The summed E-state index contributed by atoms with van der Waals surface area (Å²) >= 11 is 6.23. The molecule has 6 heteroatoms. The molecule has 1 saturated heterocycles. The Hall–Kier alpha value is -1.12. The Morgan fingerprint density at radius 3 is 2.80 bits per heavy atom. The molecule has 2 heterocycles. The Kier molecular flexibility index (Phi) is 4.66. The van der Waals surface area contributed by atoms with Crippen molar-refractivity contribution in [3.8, 4) is 6.07 Å². The van der Waals surface area contributed by atoms with Crippen molar-refractivity contribution < 1.29 is 4.21 Å². The quantitative estimate of drug-likeness (QED) is 0.861. The van der Waals surface area contributed by atoms with Gasteiger partial charge in [-0.2, -0.15) is 5.26 Å². The van der Waals surface area contributed by atoms with Crippen molar-refractivity contribution in [3.05, 3.63) is 22.8 Å². The smallest absolute Gasteiger partial charge is 0.147 e. The Morgan fingerprint density at radius 1 is 1.55 bits per heavy atom. The van der Waals surface area contributed by atoms with Crippen molar-refractivity contribution in [2.24, 2.45) is 0 Å². The predicted molar refractivity (Wildman–Crippen MR) is 82.5 cm³/mol. The number of anilines is 1. The minimum absolute atomic E-state index is 0.183. The first-order valence-corrected chi connectivity index (χ1v) is 8.45. The van der Waals surface area contributed by atoms with Gasteiger partial charge < -0.3 is 4.90 Å². The molecule has 0 aliphatic carbocycles. The summed E-state index contributed by atoms with van der Waals surface area (Å²) in [5.41, 5.74) is 0.455. The van der Waals surface area contributed by atoms with Crippen LogP contribution in [0, 0.1) is 11.3 Å². The van der Waals surface area contributed by atoms with Gasteiger partial charge in [-0.15, -0.1) is 0 Å². The lowest BCUT2D eigenvalue weighted by Crippen LogP contribution is -2.53. The first-order chi connectivity index (χ1) is 9.56. The topological polar surface area (TPSA) is 57.0 Å². The van der Waals surface area contributed by atoms with Crippen LogP contribution in [-0.2, 0) is 10.8 Å². The lowest BCUT2D eigenvalue weighted by Gasteiger charge is -2.41. The number of halogens is 1. The fraction of sp³-hybridized carbons (Fsp3) is 0.571. The first kappa shape index (κ1) is 15.3. The maximum absolute atomic E-state index is 12.3. The number of nitrogens with zero attached hydrogens (tertiary/aromatic N) is 3. The van der Waals surface area contributed by atoms with E-state index in [9.17, 15) is 4.21 Å². The van der Waals surface area contributed by atoms with Crippen molar-refractivity contribution in [2.45, 2.75) is 31.4 Å². The molecule has 20 heavy (non-hydrogen) atoms. The fourth-order valence-corrected chi connectivity index (χ4v) is 4.66. The summed E-state index contributed by atoms with van der Waals surface area (Å²) in [4.78, 5) is 6.40. The third kappa shape index (κ3) is 2.68. The van der Waals surface area contributed by atoms with Gasteiger partial charge in [0.15, 0.2) is 0 Å². The molecule has 0 amide bonds. The number of nitriles is 1. The molecule has 0 spiro atoms. The zero-order valence-corrected chi connectivity index (χ0v) is 13.3. The second-order valence-electron chi connectivity index (χ2n) is 5.00. The van der Waals surface area contributed by atoms with Gasteiger partial charge in [-0.05, 0) is 18.9 Å². The standard InChI is InChI=1S/C14H18ClN3OS/c1-3-14(4-2)10-18(5-6-20(14)19)13-12(15)7-11(8-16)9-17-13/h7,9H,3-6,10H2,1-2H3. The molecule has 1 aliphatic heterocycles. The van der Waals surface area contributed by atoms with Crippen LogP contribution in [0.15, 0.2) is 12.3 Å². The van der Waals surface area contributed by atoms with Gasteiger partial charge in [0.05, 0.1) is 15.3 Å². The van der Waals surface area contributed by atoms with Crippen LogP contribution in [0.2, 0.25) is 5.02 Å². The van der Waals surface area contributed by atoms with E-state index in [4.69, 9.17) is 16.9 Å². The van der Waals surface area contributed by atoms with Gasteiger partial charge in [0.1, 0.15) is 11.9 Å². The lowest BCUT2D eigenvalue weighted by atomic mass is 10.0. The van der Waals surface area contributed by atoms with Crippen LogP contribution >= 0.6 is 11.6 Å². The zero-order valence-electron chi connectivity index (χ0n) is 11.7. The van der Waals surface area contributed by atoms with Gasteiger partial charge in [-0.3, -0.25) is 4.21 Å². The fourth-order valence-electron chi connectivity index (χ4n) is 2.61. The number of hydrogen-bond acceptors (Lipinski definition) is 4. The Morgan fingerprint density at radius 2 is 2.25 bits per heavy atom. The minimum Gasteiger partial charge on any atom is -0.353 e. The molecule has 0 radical (unpaired) electrons. The van der Waals surface area contributed by atoms with Gasteiger partial charge in [0.2, 0.25) is 0 Å². The second-order valence-corrected chi connectivity index (χ2v) is 7.38. The van der Waals surface area contributed by atoms with E-state index in [1.807, 2.05) is 6.07 Å². The summed E-state index contributed by atoms with van der Waals surface area (Å²) in [6.45, 7) is 5.55. The van der Waals surface area contributed by atoms with Crippen LogP contribution in [0.1, 0.15) is 32.3 Å². The average Bonchev–Trinajstić information content (AvgIpc) is 2.48. The van der Waals surface area contributed by atoms with Gasteiger partial charge in [0, 0.05) is 35.8 Å². The van der Waals surface area contributed by atoms with Gasteiger partial charge in [-0.25, -0.2) is 4.98 Å². The van der Waals surface area contributed by atoms with Gasteiger partial charge >= 0.3 is 0 Å². The Balaban J connectivity index is 2.31. The number of pyridine rings is 1. The molecule has 1 unspecified atom stereocenters. The first-order valence-electron chi connectivity index (χ1n) is 6.75. The minimum atomic E-state index is -0.809. The monoisotopic (exact) mass is 311 g/mol. The van der Waals surface area contributed by atoms with Crippen LogP contribution in [0.4, 0.5) is 5.82 Å². The number of aromatic nitrogens is 1. The Bertz CT molecular complexity index is 566. The maximum Gasteiger partial charge on any atom is 0.147 e. The van der Waals surface area contributed by atoms with Crippen molar-refractivity contribution in [1.29, 1.82) is 5.26 Å². The van der Waals surface area contributed by atoms with Crippen molar-refractivity contribution in [2.75, 3.05) is 23.7 Å². The van der Waals surface area contributed by atoms with Crippen LogP contribution in [0.3, 0.4) is 0 Å². The summed E-state index contributed by atoms with van der Waals surface area (Å²) in [6, 6.07) is 3.66. The molecule has 1 aromatic rings. The molecule has 4 nitrogen and oxygen atoms in total. The normalized spacial score (nSPS) is 21.5. The summed E-state index contributed by atoms with van der Waals surface area (Å²) in [5.74, 6) is 1.33. The predicted octanol–water partition coefficient (Wildman–Crippen LogP) is 2.73. The number of hydrogen-bond donors (Lipinski definition) is 0. The lowest BCUT2D eigenvalue weighted by molar-refractivity contribution is 0.494. The SMILES string of the molecule is CCC1(CC)CN(c2ncc(C#N)cc2Cl)CCS1=O. The third-order valence-electron chi connectivity index (χ3n) is 4.05. The van der Waals surface area contributed by atoms with Gasteiger partial charge in [-0.1, -0.05) is 25.4 Å². The third-order valence-corrected chi connectivity index (χ3v) is 6.55. The van der Waals surface area contributed by atoms with E-state index in [1.165, 1.54) is 6.20 Å². The van der Waals surface area contributed by atoms with E-state index in [0.717, 1.165) is 12.8 Å². The molecular formula is C14H18ClN3OS. The molecule has 2 rings (SSSR count). The molecular weight excluding hydrogens is 294 g/mol. The summed E-state index contributed by atoms with van der Waals surface area (Å²) in [7, 11) is -0.809. The van der Waals surface area contributed by atoms with Gasteiger partial charge in [0.25, 0.3) is 0 Å². The van der Waals surface area contributed by atoms with Crippen molar-refractivity contribution >= 4 is 28.2 Å². The highest BCUT2D eigenvalue weighted by Gasteiger charge is 2.39. The molecule has 1 fully saturated rings. The molecule has 108 valence electrons. The van der Waals surface area contributed by atoms with E-state index in [-0.39, 0.29) is 4.75 Å². The highest BCUT2D eigenvalue weighted by Crippen LogP contribution is 2.33. The largest absolute Gasteiger partial charge is 0.353 e. The van der Waals surface area contributed by atoms with Crippen molar-refractivity contribution in [1.82, 2.24) is 4.98 Å². The van der Waals surface area contributed by atoms with Crippen LogP contribution in [0.25, 0.3) is 0 Å². The molecule has 0 saturated carbocycles. The van der Waals surface area contributed by atoms with Crippen LogP contribution < -0.4 is 4.90 Å². The molecule has 0 aromatic carbocycles. The van der Waals surface area contributed by atoms with E-state index in [0.29, 0.717) is 35.2 Å². The summed E-state index contributed by atoms with van der Waals surface area (Å²) in [5, 5.41) is 9.34. The highest BCUT2D eigenvalue weighted by atomic mass is 35.5.